The standard InChI is InChI=1S/C21H18F5N3O/c22-13-3-4-16(23)15(9-13)14-8-12(14)10-30-17-5-6-29-18(7-11-1-2-11)27-28-20(29)19(17)21(24,25)26/h3-6,9,11-12,14H,1-2,7-8,10H2/t12?,14-/m0/s1. The first-order chi connectivity index (χ1) is 14.3. The minimum absolute atomic E-state index is 0.0249. The van der Waals surface area contributed by atoms with Crippen molar-refractivity contribution in [1.82, 2.24) is 14.6 Å². The molecule has 2 aliphatic carbocycles. The van der Waals surface area contributed by atoms with E-state index >= 15 is 0 Å². The smallest absolute Gasteiger partial charge is 0.423 e. The normalized spacial score (nSPS) is 21.2. The summed E-state index contributed by atoms with van der Waals surface area (Å²) in [5, 5.41) is 7.72. The Balaban J connectivity index is 1.37. The lowest BCUT2D eigenvalue weighted by molar-refractivity contribution is -0.138. The van der Waals surface area contributed by atoms with E-state index in [9.17, 15) is 22.0 Å². The Morgan fingerprint density at radius 3 is 2.63 bits per heavy atom. The van der Waals surface area contributed by atoms with E-state index in [1.54, 1.807) is 0 Å². The third-order valence-electron chi connectivity index (χ3n) is 5.80. The van der Waals surface area contributed by atoms with Gasteiger partial charge in [-0.05, 0) is 60.9 Å². The number of hydrogen-bond acceptors (Lipinski definition) is 3. The van der Waals surface area contributed by atoms with Gasteiger partial charge in [0.05, 0.1) is 6.61 Å². The number of rotatable bonds is 6. The fourth-order valence-corrected chi connectivity index (χ4v) is 3.90. The highest BCUT2D eigenvalue weighted by Gasteiger charge is 2.43. The Hall–Kier alpha value is -2.71. The van der Waals surface area contributed by atoms with E-state index < -0.39 is 23.4 Å². The molecule has 4 nitrogen and oxygen atoms in total. The molecule has 2 atom stereocenters. The Labute approximate surface area is 168 Å². The number of ether oxygens (including phenoxy) is 1. The Morgan fingerprint density at radius 2 is 1.90 bits per heavy atom. The van der Waals surface area contributed by atoms with E-state index in [2.05, 4.69) is 10.2 Å². The second kappa shape index (κ2) is 6.92. The van der Waals surface area contributed by atoms with Crippen molar-refractivity contribution < 1.29 is 26.7 Å². The average molecular weight is 423 g/mol. The predicted molar refractivity (Wildman–Crippen MR) is 97.1 cm³/mol. The first-order valence-electron chi connectivity index (χ1n) is 9.83. The van der Waals surface area contributed by atoms with Crippen molar-refractivity contribution >= 4 is 5.65 Å². The van der Waals surface area contributed by atoms with Gasteiger partial charge in [-0.15, -0.1) is 10.2 Å². The van der Waals surface area contributed by atoms with Crippen LogP contribution in [-0.2, 0) is 12.6 Å². The molecule has 2 aliphatic rings. The van der Waals surface area contributed by atoms with Crippen LogP contribution in [-0.4, -0.2) is 21.2 Å². The van der Waals surface area contributed by atoms with Crippen LogP contribution in [0.25, 0.3) is 5.65 Å². The van der Waals surface area contributed by atoms with Crippen molar-refractivity contribution in [2.24, 2.45) is 11.8 Å². The molecule has 3 aromatic rings. The third kappa shape index (κ3) is 3.61. The number of pyridine rings is 1. The number of alkyl halides is 3. The third-order valence-corrected chi connectivity index (χ3v) is 5.80. The number of halogens is 5. The lowest BCUT2D eigenvalue weighted by atomic mass is 10.1. The Kier molecular flexibility index (Phi) is 4.44. The molecule has 0 amide bonds. The maximum atomic E-state index is 13.9. The van der Waals surface area contributed by atoms with Crippen molar-refractivity contribution in [3.05, 3.63) is 59.0 Å². The van der Waals surface area contributed by atoms with Crippen LogP contribution >= 0.6 is 0 Å². The molecule has 0 spiro atoms. The summed E-state index contributed by atoms with van der Waals surface area (Å²) in [5.74, 6) is -0.875. The molecule has 9 heteroatoms. The van der Waals surface area contributed by atoms with Gasteiger partial charge in [0.15, 0.2) is 5.65 Å². The molecule has 158 valence electrons. The second-order valence-electron chi connectivity index (χ2n) is 8.09. The molecule has 30 heavy (non-hydrogen) atoms. The van der Waals surface area contributed by atoms with Crippen LogP contribution in [0.1, 0.15) is 42.1 Å². The maximum Gasteiger partial charge on any atom is 0.423 e. The summed E-state index contributed by atoms with van der Waals surface area (Å²) in [6.07, 6.45) is 0.0586. The zero-order chi connectivity index (χ0) is 21.0. The number of nitrogens with zero attached hydrogens (tertiary/aromatic N) is 3. The van der Waals surface area contributed by atoms with Crippen molar-refractivity contribution in [3.63, 3.8) is 0 Å². The second-order valence-corrected chi connectivity index (χ2v) is 8.09. The van der Waals surface area contributed by atoms with Gasteiger partial charge in [-0.1, -0.05) is 0 Å². The summed E-state index contributed by atoms with van der Waals surface area (Å²) >= 11 is 0. The largest absolute Gasteiger partial charge is 0.492 e. The lowest BCUT2D eigenvalue weighted by Crippen LogP contribution is -2.13. The van der Waals surface area contributed by atoms with Crippen molar-refractivity contribution in [2.45, 2.75) is 37.8 Å². The topological polar surface area (TPSA) is 39.4 Å². The van der Waals surface area contributed by atoms with Crippen LogP contribution in [0.5, 0.6) is 5.75 Å². The summed E-state index contributed by atoms with van der Waals surface area (Å²) in [7, 11) is 0. The van der Waals surface area contributed by atoms with E-state index in [0.29, 0.717) is 24.6 Å². The highest BCUT2D eigenvalue weighted by atomic mass is 19.4. The number of benzene rings is 1. The molecule has 0 saturated heterocycles. The molecule has 0 aliphatic heterocycles. The summed E-state index contributed by atoms with van der Waals surface area (Å²) < 4.78 is 75.5. The van der Waals surface area contributed by atoms with Gasteiger partial charge in [0, 0.05) is 18.5 Å². The van der Waals surface area contributed by atoms with Gasteiger partial charge < -0.3 is 4.74 Å². The molecular formula is C21H18F5N3O. The fourth-order valence-electron chi connectivity index (χ4n) is 3.90. The van der Waals surface area contributed by atoms with E-state index in [0.717, 1.165) is 31.0 Å². The summed E-state index contributed by atoms with van der Waals surface area (Å²) in [6.45, 7) is -0.0249. The van der Waals surface area contributed by atoms with Gasteiger partial charge in [0.1, 0.15) is 28.8 Å². The van der Waals surface area contributed by atoms with Crippen molar-refractivity contribution in [3.8, 4) is 5.75 Å². The molecule has 0 N–H and O–H groups in total. The highest BCUT2D eigenvalue weighted by molar-refractivity contribution is 5.56. The van der Waals surface area contributed by atoms with Crippen LogP contribution in [0.4, 0.5) is 22.0 Å². The highest BCUT2D eigenvalue weighted by Crippen LogP contribution is 2.49. The van der Waals surface area contributed by atoms with E-state index in [1.165, 1.54) is 16.7 Å². The van der Waals surface area contributed by atoms with E-state index in [1.807, 2.05) is 0 Å². The first-order valence-corrected chi connectivity index (χ1v) is 9.83. The number of fused-ring (bicyclic) bond motifs is 1. The van der Waals surface area contributed by atoms with Crippen LogP contribution < -0.4 is 4.74 Å². The predicted octanol–water partition coefficient (Wildman–Crippen LogP) is 5.16. The van der Waals surface area contributed by atoms with Crippen molar-refractivity contribution in [1.29, 1.82) is 0 Å². The lowest BCUT2D eigenvalue weighted by Gasteiger charge is -2.15. The molecule has 2 aromatic heterocycles. The molecule has 1 aromatic carbocycles. The van der Waals surface area contributed by atoms with Crippen LogP contribution in [0.2, 0.25) is 0 Å². The van der Waals surface area contributed by atoms with Crippen LogP contribution in [0.15, 0.2) is 30.5 Å². The molecule has 2 fully saturated rings. The molecule has 2 heterocycles. The van der Waals surface area contributed by atoms with E-state index in [4.69, 9.17) is 4.74 Å². The minimum Gasteiger partial charge on any atom is -0.492 e. The first kappa shape index (κ1) is 19.3. The summed E-state index contributed by atoms with van der Waals surface area (Å²) in [4.78, 5) is 0. The Morgan fingerprint density at radius 1 is 1.10 bits per heavy atom. The number of hydrogen-bond donors (Lipinski definition) is 0. The molecule has 5 rings (SSSR count). The van der Waals surface area contributed by atoms with Gasteiger partial charge in [-0.2, -0.15) is 13.2 Å². The van der Waals surface area contributed by atoms with Crippen molar-refractivity contribution in [2.75, 3.05) is 6.61 Å². The SMILES string of the molecule is Fc1ccc(F)c([C@H]2CC2COc2ccn3c(CC4CC4)nnc3c2C(F)(F)F)c1. The minimum atomic E-state index is -4.67. The molecule has 1 unspecified atom stereocenters. The maximum absolute atomic E-state index is 13.9. The zero-order valence-electron chi connectivity index (χ0n) is 15.8. The van der Waals surface area contributed by atoms with Gasteiger partial charge in [0.25, 0.3) is 0 Å². The molecule has 0 radical (unpaired) electrons. The van der Waals surface area contributed by atoms with Gasteiger partial charge in [-0.3, -0.25) is 4.40 Å². The van der Waals surface area contributed by atoms with Crippen LogP contribution in [0, 0.1) is 23.5 Å². The van der Waals surface area contributed by atoms with E-state index in [-0.39, 0.29) is 35.4 Å². The monoisotopic (exact) mass is 423 g/mol. The average Bonchev–Trinajstić information content (AvgIpc) is 3.60. The fraction of sp³-hybridized carbons (Fsp3) is 0.429. The molecule has 0 bridgehead atoms. The Bertz CT molecular complexity index is 1110. The van der Waals surface area contributed by atoms with Gasteiger partial charge >= 0.3 is 6.18 Å². The molecular weight excluding hydrogens is 405 g/mol. The summed E-state index contributed by atoms with van der Waals surface area (Å²) in [5.41, 5.74) is -1.01. The van der Waals surface area contributed by atoms with Gasteiger partial charge in [-0.25, -0.2) is 8.78 Å². The number of aromatic nitrogens is 3. The van der Waals surface area contributed by atoms with Crippen LogP contribution in [0.3, 0.4) is 0 Å². The summed E-state index contributed by atoms with van der Waals surface area (Å²) in [6, 6.07) is 4.50. The zero-order valence-corrected chi connectivity index (χ0v) is 15.8. The quantitative estimate of drug-likeness (QED) is 0.514. The molecule has 2 saturated carbocycles. The van der Waals surface area contributed by atoms with Gasteiger partial charge in [0.2, 0.25) is 0 Å².